The van der Waals surface area contributed by atoms with Gasteiger partial charge in [0.25, 0.3) is 0 Å². The second-order valence-corrected chi connectivity index (χ2v) is 8.76. The van der Waals surface area contributed by atoms with Gasteiger partial charge in [0.2, 0.25) is 5.91 Å². The highest BCUT2D eigenvalue weighted by molar-refractivity contribution is 5.99. The first-order valence-corrected chi connectivity index (χ1v) is 11.0. The van der Waals surface area contributed by atoms with Gasteiger partial charge in [0, 0.05) is 42.5 Å². The maximum atomic E-state index is 11.6. The number of benzene rings is 2. The van der Waals surface area contributed by atoms with Crippen LogP contribution >= 0.6 is 0 Å². The first-order chi connectivity index (χ1) is 15.1. The molecule has 6 nitrogen and oxygen atoms in total. The Bertz CT molecular complexity index is 1050. The zero-order valence-electron chi connectivity index (χ0n) is 17.5. The van der Waals surface area contributed by atoms with Gasteiger partial charge in [0.1, 0.15) is 18.5 Å². The van der Waals surface area contributed by atoms with E-state index in [2.05, 4.69) is 16.3 Å². The van der Waals surface area contributed by atoms with Gasteiger partial charge in [0.05, 0.1) is 12.5 Å². The van der Waals surface area contributed by atoms with Gasteiger partial charge in [-0.2, -0.15) is 0 Å². The largest absolute Gasteiger partial charge is 0.490 e. The van der Waals surface area contributed by atoms with Gasteiger partial charge in [-0.1, -0.05) is 24.3 Å². The normalized spacial score (nSPS) is 19.6. The van der Waals surface area contributed by atoms with Crippen LogP contribution < -0.4 is 10.1 Å². The summed E-state index contributed by atoms with van der Waals surface area (Å²) in [6.45, 7) is 2.60. The quantitative estimate of drug-likeness (QED) is 0.638. The Balaban J connectivity index is 1.20. The van der Waals surface area contributed by atoms with Crippen LogP contribution in [0.4, 0.5) is 0 Å². The van der Waals surface area contributed by atoms with Crippen molar-refractivity contribution in [3.8, 4) is 16.9 Å². The van der Waals surface area contributed by atoms with Crippen molar-refractivity contribution in [2.75, 3.05) is 26.2 Å². The molecule has 5 rings (SSSR count). The monoisotopic (exact) mass is 420 g/mol. The molecule has 1 atom stereocenters. The Morgan fingerprint density at radius 3 is 2.61 bits per heavy atom. The van der Waals surface area contributed by atoms with Crippen LogP contribution in [0, 0.1) is 0 Å². The molecular formula is C25H28N2O4. The van der Waals surface area contributed by atoms with Crippen molar-refractivity contribution in [2.24, 2.45) is 0 Å². The highest BCUT2D eigenvalue weighted by Crippen LogP contribution is 2.35. The molecule has 0 bridgehead atoms. The zero-order chi connectivity index (χ0) is 21.3. The number of carbonyl (C=O) groups excluding carboxylic acids is 1. The van der Waals surface area contributed by atoms with Gasteiger partial charge in [0.15, 0.2) is 0 Å². The van der Waals surface area contributed by atoms with Crippen LogP contribution in [0.1, 0.15) is 25.7 Å². The predicted octanol–water partition coefficient (Wildman–Crippen LogP) is 3.58. The van der Waals surface area contributed by atoms with E-state index in [9.17, 15) is 9.90 Å². The van der Waals surface area contributed by atoms with E-state index >= 15 is 0 Å². The third-order valence-corrected chi connectivity index (χ3v) is 6.66. The van der Waals surface area contributed by atoms with Crippen molar-refractivity contribution < 1.29 is 19.1 Å². The Kier molecular flexibility index (Phi) is 5.42. The highest BCUT2D eigenvalue weighted by atomic mass is 16.5. The lowest BCUT2D eigenvalue weighted by atomic mass is 9.86. The average molecular weight is 421 g/mol. The summed E-state index contributed by atoms with van der Waals surface area (Å²) in [5.74, 6) is 0.945. The Labute approximate surface area is 181 Å². The first-order valence-electron chi connectivity index (χ1n) is 11.0. The summed E-state index contributed by atoms with van der Waals surface area (Å²) in [6, 6.07) is 14.1. The highest BCUT2D eigenvalue weighted by Gasteiger charge is 2.40. The number of hydrogen-bond acceptors (Lipinski definition) is 5. The maximum absolute atomic E-state index is 11.6. The van der Waals surface area contributed by atoms with Crippen LogP contribution in [0.3, 0.4) is 0 Å². The second kappa shape index (κ2) is 8.36. The third-order valence-electron chi connectivity index (χ3n) is 6.66. The lowest BCUT2D eigenvalue weighted by molar-refractivity contribution is -0.120. The minimum atomic E-state index is -0.570. The van der Waals surface area contributed by atoms with E-state index in [1.54, 1.807) is 12.5 Å². The molecule has 2 aliphatic rings. The molecule has 0 radical (unpaired) electrons. The van der Waals surface area contributed by atoms with Gasteiger partial charge in [-0.15, -0.1) is 0 Å². The van der Waals surface area contributed by atoms with Crippen molar-refractivity contribution >= 4 is 16.7 Å². The molecule has 1 spiro atoms. The number of piperidine rings is 1. The number of fused-ring (bicyclic) bond motifs is 1. The van der Waals surface area contributed by atoms with Gasteiger partial charge in [-0.25, -0.2) is 0 Å². The minimum absolute atomic E-state index is 0.00924. The molecule has 3 aromatic rings. The molecule has 1 aromatic heterocycles. The summed E-state index contributed by atoms with van der Waals surface area (Å²) < 4.78 is 11.3. The van der Waals surface area contributed by atoms with Crippen molar-refractivity contribution in [1.82, 2.24) is 10.2 Å². The maximum Gasteiger partial charge on any atom is 0.220 e. The molecule has 2 N–H and O–H groups in total. The topological polar surface area (TPSA) is 74.9 Å². The SMILES string of the molecule is O=C1CCC2(CCN(CC(O)COc3ccc(-c4ccoc4)c4ccccc34)CC2)N1. The average Bonchev–Trinajstić information content (AvgIpc) is 3.44. The Morgan fingerprint density at radius 2 is 1.90 bits per heavy atom. The van der Waals surface area contributed by atoms with Crippen LogP contribution in [0.2, 0.25) is 0 Å². The number of aliphatic hydroxyl groups excluding tert-OH is 1. The number of nitrogens with one attached hydrogen (secondary N) is 1. The van der Waals surface area contributed by atoms with Crippen LogP contribution in [-0.4, -0.2) is 53.8 Å². The van der Waals surface area contributed by atoms with Gasteiger partial charge >= 0.3 is 0 Å². The number of hydrogen-bond donors (Lipinski definition) is 2. The number of rotatable bonds is 6. The van der Waals surface area contributed by atoms with Crippen molar-refractivity contribution in [3.63, 3.8) is 0 Å². The lowest BCUT2D eigenvalue weighted by Gasteiger charge is -2.39. The number of amides is 1. The molecule has 0 aliphatic carbocycles. The third kappa shape index (κ3) is 4.18. The molecule has 162 valence electrons. The van der Waals surface area contributed by atoms with Crippen molar-refractivity contribution in [2.45, 2.75) is 37.3 Å². The zero-order valence-corrected chi connectivity index (χ0v) is 17.5. The lowest BCUT2D eigenvalue weighted by Crippen LogP contribution is -2.52. The summed E-state index contributed by atoms with van der Waals surface area (Å²) in [5, 5.41) is 15.9. The number of nitrogens with zero attached hydrogens (tertiary/aromatic N) is 1. The van der Waals surface area contributed by atoms with Crippen LogP contribution in [0.25, 0.3) is 21.9 Å². The van der Waals surface area contributed by atoms with Crippen molar-refractivity contribution in [1.29, 1.82) is 0 Å². The number of ether oxygens (including phenoxy) is 1. The van der Waals surface area contributed by atoms with Crippen molar-refractivity contribution in [3.05, 3.63) is 55.0 Å². The Hall–Kier alpha value is -2.83. The van der Waals surface area contributed by atoms with E-state index in [1.807, 2.05) is 36.4 Å². The summed E-state index contributed by atoms with van der Waals surface area (Å²) in [6.07, 6.45) is 6.33. The van der Waals surface area contributed by atoms with E-state index < -0.39 is 6.10 Å². The fraction of sp³-hybridized carbons (Fsp3) is 0.400. The molecule has 0 saturated carbocycles. The number of likely N-dealkylation sites (tertiary alicyclic amines) is 1. The van der Waals surface area contributed by atoms with E-state index in [-0.39, 0.29) is 18.1 Å². The molecule has 1 unspecified atom stereocenters. The molecule has 2 fully saturated rings. The molecule has 31 heavy (non-hydrogen) atoms. The number of carbonyl (C=O) groups is 1. The standard InChI is InChI=1S/C25H28N2O4/c28-19(15-27-12-10-25(11-13-27)9-7-24(29)26-25)17-31-23-6-5-20(18-8-14-30-16-18)21-3-1-2-4-22(21)23/h1-6,8,14,16,19,28H,7,9-13,15,17H2,(H,26,29). The molecule has 1 amide bonds. The summed E-state index contributed by atoms with van der Waals surface area (Å²) in [4.78, 5) is 13.9. The first kappa shape index (κ1) is 20.1. The van der Waals surface area contributed by atoms with Gasteiger partial charge < -0.3 is 24.5 Å². The summed E-state index contributed by atoms with van der Waals surface area (Å²) in [7, 11) is 0. The Morgan fingerprint density at radius 1 is 1.10 bits per heavy atom. The fourth-order valence-corrected chi connectivity index (χ4v) is 4.92. The number of furan rings is 1. The number of β-amino-alcohol motifs (C(OH)–C–C–N with tert-alkyl or cyclic N) is 1. The molecular weight excluding hydrogens is 392 g/mol. The van der Waals surface area contributed by atoms with Gasteiger partial charge in [-0.05, 0) is 48.4 Å². The van der Waals surface area contributed by atoms with E-state index in [1.165, 1.54) is 0 Å². The summed E-state index contributed by atoms with van der Waals surface area (Å²) >= 11 is 0. The molecule has 6 heteroatoms. The van der Waals surface area contributed by atoms with Crippen LogP contribution in [-0.2, 0) is 4.79 Å². The van der Waals surface area contributed by atoms with E-state index in [0.29, 0.717) is 13.0 Å². The molecule has 2 saturated heterocycles. The summed E-state index contributed by atoms with van der Waals surface area (Å²) in [5.41, 5.74) is 2.12. The number of aliphatic hydroxyl groups is 1. The van der Waals surface area contributed by atoms with Gasteiger partial charge in [-0.3, -0.25) is 4.79 Å². The smallest absolute Gasteiger partial charge is 0.220 e. The fourth-order valence-electron chi connectivity index (χ4n) is 4.92. The minimum Gasteiger partial charge on any atom is -0.490 e. The van der Waals surface area contributed by atoms with Crippen LogP contribution in [0.15, 0.2) is 59.4 Å². The molecule has 2 aromatic carbocycles. The second-order valence-electron chi connectivity index (χ2n) is 8.76. The van der Waals surface area contributed by atoms with E-state index in [0.717, 1.165) is 60.0 Å². The van der Waals surface area contributed by atoms with Crippen LogP contribution in [0.5, 0.6) is 5.75 Å². The molecule has 3 heterocycles. The van der Waals surface area contributed by atoms with E-state index in [4.69, 9.17) is 9.15 Å². The predicted molar refractivity (Wildman–Crippen MR) is 119 cm³/mol. The molecule has 2 aliphatic heterocycles.